The van der Waals surface area contributed by atoms with Crippen molar-refractivity contribution in [3.8, 4) is 0 Å². The van der Waals surface area contributed by atoms with E-state index in [1.807, 2.05) is 6.92 Å². The van der Waals surface area contributed by atoms with E-state index in [0.717, 1.165) is 0 Å². The summed E-state index contributed by atoms with van der Waals surface area (Å²) in [6.45, 7) is 2.48. The third kappa shape index (κ3) is 1.48. The van der Waals surface area contributed by atoms with Crippen LogP contribution in [0.2, 0.25) is 0 Å². The lowest BCUT2D eigenvalue weighted by atomic mass is 9.97. The van der Waals surface area contributed by atoms with E-state index < -0.39 is 0 Å². The smallest absolute Gasteiger partial charge is 0.0827 e. The lowest BCUT2D eigenvalue weighted by Crippen LogP contribution is -2.22. The van der Waals surface area contributed by atoms with E-state index in [1.54, 1.807) is 0 Å². The molecule has 0 bridgehead atoms. The third-order valence-electron chi connectivity index (χ3n) is 2.09. The fraction of sp³-hybridized carbons (Fsp3) is 1.00. The summed E-state index contributed by atoms with van der Waals surface area (Å²) < 4.78 is 5.17. The van der Waals surface area contributed by atoms with Crippen LogP contribution in [0.5, 0.6) is 0 Å². The predicted molar refractivity (Wildman–Crippen MR) is 36.6 cm³/mol. The molecular formula is C7H14O3. The number of hydrogen-bond donors (Lipinski definition) is 2. The van der Waals surface area contributed by atoms with Crippen molar-refractivity contribution >= 4 is 0 Å². The number of rotatable bonds is 2. The van der Waals surface area contributed by atoms with E-state index in [2.05, 4.69) is 0 Å². The summed E-state index contributed by atoms with van der Waals surface area (Å²) in [5, 5.41) is 17.8. The van der Waals surface area contributed by atoms with Crippen molar-refractivity contribution in [2.75, 3.05) is 13.2 Å². The molecule has 0 radical (unpaired) electrons. The molecule has 0 saturated carbocycles. The van der Waals surface area contributed by atoms with Crippen molar-refractivity contribution in [2.24, 2.45) is 5.92 Å². The van der Waals surface area contributed by atoms with Gasteiger partial charge in [-0.05, 0) is 13.3 Å². The van der Waals surface area contributed by atoms with Crippen molar-refractivity contribution in [3.05, 3.63) is 0 Å². The lowest BCUT2D eigenvalue weighted by Gasteiger charge is -2.14. The van der Waals surface area contributed by atoms with Crippen molar-refractivity contribution in [1.82, 2.24) is 0 Å². The maximum atomic E-state index is 9.25. The Kier molecular flexibility index (Phi) is 2.65. The number of aliphatic hydroxyl groups excluding tert-OH is 2. The van der Waals surface area contributed by atoms with Gasteiger partial charge in [0.2, 0.25) is 0 Å². The number of hydrogen-bond acceptors (Lipinski definition) is 3. The minimum Gasteiger partial charge on any atom is -0.396 e. The highest BCUT2D eigenvalue weighted by molar-refractivity contribution is 4.80. The van der Waals surface area contributed by atoms with Gasteiger partial charge in [0.15, 0.2) is 0 Å². The van der Waals surface area contributed by atoms with Gasteiger partial charge in [0.25, 0.3) is 0 Å². The number of ether oxygens (including phenoxy) is 1. The van der Waals surface area contributed by atoms with Crippen LogP contribution in [-0.4, -0.2) is 35.6 Å². The van der Waals surface area contributed by atoms with Gasteiger partial charge < -0.3 is 14.9 Å². The normalized spacial score (nSPS) is 40.5. The molecule has 0 aromatic heterocycles. The Morgan fingerprint density at radius 2 is 2.30 bits per heavy atom. The summed E-state index contributed by atoms with van der Waals surface area (Å²) in [5.41, 5.74) is 0. The Labute approximate surface area is 60.6 Å². The molecule has 1 aliphatic heterocycles. The third-order valence-corrected chi connectivity index (χ3v) is 2.09. The predicted octanol–water partition coefficient (Wildman–Crippen LogP) is -0.235. The minimum absolute atomic E-state index is 0.0992. The second-order valence-corrected chi connectivity index (χ2v) is 2.78. The first-order valence-corrected chi connectivity index (χ1v) is 3.66. The monoisotopic (exact) mass is 146 g/mol. The molecule has 3 atom stereocenters. The molecule has 10 heavy (non-hydrogen) atoms. The molecule has 1 fully saturated rings. The van der Waals surface area contributed by atoms with E-state index in [4.69, 9.17) is 9.84 Å². The Morgan fingerprint density at radius 3 is 2.70 bits per heavy atom. The van der Waals surface area contributed by atoms with Crippen molar-refractivity contribution < 1.29 is 14.9 Å². The first kappa shape index (κ1) is 7.98. The molecule has 0 aromatic carbocycles. The van der Waals surface area contributed by atoms with Crippen LogP contribution < -0.4 is 0 Å². The van der Waals surface area contributed by atoms with Crippen LogP contribution >= 0.6 is 0 Å². The zero-order chi connectivity index (χ0) is 7.56. The summed E-state index contributed by atoms with van der Waals surface area (Å²) in [5.74, 6) is 0.130. The van der Waals surface area contributed by atoms with E-state index in [-0.39, 0.29) is 24.7 Å². The van der Waals surface area contributed by atoms with Crippen molar-refractivity contribution in [2.45, 2.75) is 25.6 Å². The van der Waals surface area contributed by atoms with E-state index in [9.17, 15) is 5.11 Å². The molecule has 0 aromatic rings. The first-order chi connectivity index (χ1) is 4.75. The molecule has 1 rings (SSSR count). The molecule has 3 unspecified atom stereocenters. The van der Waals surface area contributed by atoms with Gasteiger partial charge in [-0.3, -0.25) is 0 Å². The van der Waals surface area contributed by atoms with Gasteiger partial charge in [-0.2, -0.15) is 0 Å². The molecule has 60 valence electrons. The van der Waals surface area contributed by atoms with Crippen LogP contribution in [-0.2, 0) is 4.74 Å². The van der Waals surface area contributed by atoms with Crippen LogP contribution in [0.15, 0.2) is 0 Å². The molecule has 3 heteroatoms. The fourth-order valence-corrected chi connectivity index (χ4v) is 1.39. The average molecular weight is 146 g/mol. The average Bonchev–Trinajstić information content (AvgIpc) is 2.20. The molecule has 1 heterocycles. The minimum atomic E-state index is -0.373. The summed E-state index contributed by atoms with van der Waals surface area (Å²) in [6.07, 6.45) is 0.367. The molecule has 3 nitrogen and oxygen atoms in total. The summed E-state index contributed by atoms with van der Waals surface area (Å²) in [6, 6.07) is 0. The van der Waals surface area contributed by atoms with Crippen LogP contribution in [0.4, 0.5) is 0 Å². The Morgan fingerprint density at radius 1 is 1.60 bits per heavy atom. The molecule has 0 amide bonds. The fourth-order valence-electron chi connectivity index (χ4n) is 1.39. The molecule has 2 N–H and O–H groups in total. The maximum Gasteiger partial charge on any atom is 0.0827 e. The van der Waals surface area contributed by atoms with Crippen LogP contribution in [0.3, 0.4) is 0 Å². The van der Waals surface area contributed by atoms with Gasteiger partial charge in [0.05, 0.1) is 18.8 Å². The molecule has 0 aliphatic carbocycles. The van der Waals surface area contributed by atoms with Crippen LogP contribution in [0.25, 0.3) is 0 Å². The largest absolute Gasteiger partial charge is 0.396 e. The number of aliphatic hydroxyl groups is 2. The highest BCUT2D eigenvalue weighted by Gasteiger charge is 2.31. The summed E-state index contributed by atoms with van der Waals surface area (Å²) in [4.78, 5) is 0. The van der Waals surface area contributed by atoms with Crippen molar-refractivity contribution in [1.29, 1.82) is 0 Å². The highest BCUT2D eigenvalue weighted by atomic mass is 16.5. The molecule has 0 spiro atoms. The van der Waals surface area contributed by atoms with Gasteiger partial charge in [0, 0.05) is 12.5 Å². The van der Waals surface area contributed by atoms with Crippen molar-refractivity contribution in [3.63, 3.8) is 0 Å². The van der Waals surface area contributed by atoms with Crippen LogP contribution in [0.1, 0.15) is 13.3 Å². The van der Waals surface area contributed by atoms with Gasteiger partial charge in [-0.1, -0.05) is 0 Å². The van der Waals surface area contributed by atoms with Gasteiger partial charge in [-0.15, -0.1) is 0 Å². The zero-order valence-corrected chi connectivity index (χ0v) is 6.16. The van der Waals surface area contributed by atoms with Crippen LogP contribution in [0, 0.1) is 5.92 Å². The maximum absolute atomic E-state index is 9.25. The van der Waals surface area contributed by atoms with E-state index in [0.29, 0.717) is 13.0 Å². The highest BCUT2D eigenvalue weighted by Crippen LogP contribution is 2.23. The molecular weight excluding hydrogens is 132 g/mol. The topological polar surface area (TPSA) is 49.7 Å². The first-order valence-electron chi connectivity index (χ1n) is 3.66. The quantitative estimate of drug-likeness (QED) is 0.565. The van der Waals surface area contributed by atoms with E-state index in [1.165, 1.54) is 0 Å². The zero-order valence-electron chi connectivity index (χ0n) is 6.16. The van der Waals surface area contributed by atoms with Gasteiger partial charge in [0.1, 0.15) is 0 Å². The van der Waals surface area contributed by atoms with Gasteiger partial charge in [-0.25, -0.2) is 0 Å². The summed E-state index contributed by atoms with van der Waals surface area (Å²) in [7, 11) is 0. The molecule has 1 aliphatic rings. The SMILES string of the molecule is CC1OCC(O)C1CCO. The standard InChI is InChI=1S/C7H14O3/c1-5-6(2-3-8)7(9)4-10-5/h5-9H,2-4H2,1H3. The Balaban J connectivity index is 2.38. The molecule has 1 saturated heterocycles. The van der Waals surface area contributed by atoms with E-state index >= 15 is 0 Å². The summed E-state index contributed by atoms with van der Waals surface area (Å²) >= 11 is 0. The second kappa shape index (κ2) is 3.32. The second-order valence-electron chi connectivity index (χ2n) is 2.78. The Hall–Kier alpha value is -0.120. The van der Waals surface area contributed by atoms with Gasteiger partial charge >= 0.3 is 0 Å². The lowest BCUT2D eigenvalue weighted by molar-refractivity contribution is 0.0952. The Bertz CT molecular complexity index is 95.0.